The van der Waals surface area contributed by atoms with Crippen molar-refractivity contribution in [2.45, 2.75) is 48.4 Å². The highest BCUT2D eigenvalue weighted by molar-refractivity contribution is 9.10. The topological polar surface area (TPSA) is 74.7 Å². The Bertz CT molecular complexity index is 657. The Kier molecular flexibility index (Phi) is 4.15. The molecule has 0 radical (unpaired) electrons. The second-order valence-corrected chi connectivity index (χ2v) is 9.40. The predicted octanol–water partition coefficient (Wildman–Crippen LogP) is 2.92. The molecular formula is C13H16BrNO4S2. The fourth-order valence-electron chi connectivity index (χ4n) is 3.53. The molecule has 0 bridgehead atoms. The third kappa shape index (κ3) is 2.56. The summed E-state index contributed by atoms with van der Waals surface area (Å²) in [5.74, 6) is -0.867. The summed E-state index contributed by atoms with van der Waals surface area (Å²) in [6.45, 7) is 0. The van der Waals surface area contributed by atoms with E-state index in [1.54, 1.807) is 11.4 Å². The van der Waals surface area contributed by atoms with E-state index in [2.05, 4.69) is 15.9 Å². The summed E-state index contributed by atoms with van der Waals surface area (Å²) in [4.78, 5) is 11.5. The molecule has 1 aromatic rings. The molecule has 2 fully saturated rings. The molecule has 0 amide bonds. The number of nitrogens with zero attached hydrogens (tertiary/aromatic N) is 1. The van der Waals surface area contributed by atoms with Crippen molar-refractivity contribution < 1.29 is 18.3 Å². The molecule has 0 aromatic carbocycles. The SMILES string of the molecule is O=C(O)C1CC2CCCCC2N1S(=O)(=O)c1sccc1Br. The summed E-state index contributed by atoms with van der Waals surface area (Å²) in [6, 6.07) is 0.581. The third-order valence-electron chi connectivity index (χ3n) is 4.41. The second-order valence-electron chi connectivity index (χ2n) is 5.59. The summed E-state index contributed by atoms with van der Waals surface area (Å²) >= 11 is 4.38. The number of aliphatic carboxylic acids is 1. The lowest BCUT2D eigenvalue weighted by molar-refractivity contribution is -0.141. The van der Waals surface area contributed by atoms with Gasteiger partial charge in [-0.3, -0.25) is 4.79 Å². The molecule has 3 atom stereocenters. The Hall–Kier alpha value is -0.440. The normalized spacial score (nSPS) is 30.2. The largest absolute Gasteiger partial charge is 0.480 e. The lowest BCUT2D eigenvalue weighted by atomic mass is 9.85. The van der Waals surface area contributed by atoms with Crippen molar-refractivity contribution in [3.8, 4) is 0 Å². The van der Waals surface area contributed by atoms with Gasteiger partial charge in [0.2, 0.25) is 0 Å². The summed E-state index contributed by atoms with van der Waals surface area (Å²) in [5.41, 5.74) is 0. The highest BCUT2D eigenvalue weighted by Gasteiger charge is 2.51. The third-order valence-corrected chi connectivity index (χ3v) is 8.99. The molecule has 1 aliphatic carbocycles. The van der Waals surface area contributed by atoms with Gasteiger partial charge < -0.3 is 5.11 Å². The van der Waals surface area contributed by atoms with E-state index in [1.165, 1.54) is 4.31 Å². The number of hydrogen-bond acceptors (Lipinski definition) is 4. The van der Waals surface area contributed by atoms with Crippen LogP contribution in [-0.2, 0) is 14.8 Å². The zero-order valence-electron chi connectivity index (χ0n) is 11.2. The van der Waals surface area contributed by atoms with E-state index in [0.717, 1.165) is 37.0 Å². The first-order valence-corrected chi connectivity index (χ1v) is 10.0. The minimum absolute atomic E-state index is 0.168. The molecule has 2 heterocycles. The Morgan fingerprint density at radius 1 is 1.38 bits per heavy atom. The molecule has 0 spiro atoms. The van der Waals surface area contributed by atoms with E-state index < -0.39 is 22.0 Å². The van der Waals surface area contributed by atoms with Crippen molar-refractivity contribution in [1.82, 2.24) is 4.31 Å². The Morgan fingerprint density at radius 3 is 2.71 bits per heavy atom. The van der Waals surface area contributed by atoms with E-state index in [-0.39, 0.29) is 16.2 Å². The van der Waals surface area contributed by atoms with Crippen LogP contribution in [0, 0.1) is 5.92 Å². The van der Waals surface area contributed by atoms with Crippen LogP contribution in [0.15, 0.2) is 20.1 Å². The molecule has 21 heavy (non-hydrogen) atoms. The van der Waals surface area contributed by atoms with E-state index in [0.29, 0.717) is 10.9 Å². The maximum absolute atomic E-state index is 12.9. The summed E-state index contributed by atoms with van der Waals surface area (Å²) in [6.07, 6.45) is 4.14. The molecule has 2 aliphatic rings. The maximum Gasteiger partial charge on any atom is 0.322 e. The molecule has 8 heteroatoms. The fraction of sp³-hybridized carbons (Fsp3) is 0.615. The first kappa shape index (κ1) is 15.5. The van der Waals surface area contributed by atoms with Crippen molar-refractivity contribution in [2.75, 3.05) is 0 Å². The van der Waals surface area contributed by atoms with Crippen LogP contribution in [0.5, 0.6) is 0 Å². The zero-order chi connectivity index (χ0) is 15.2. The van der Waals surface area contributed by atoms with Gasteiger partial charge in [0.1, 0.15) is 10.3 Å². The minimum Gasteiger partial charge on any atom is -0.480 e. The van der Waals surface area contributed by atoms with Gasteiger partial charge in [-0.15, -0.1) is 11.3 Å². The average Bonchev–Trinajstić information content (AvgIpc) is 3.02. The van der Waals surface area contributed by atoms with Gasteiger partial charge in [0.25, 0.3) is 10.0 Å². The highest BCUT2D eigenvalue weighted by Crippen LogP contribution is 2.44. The molecule has 1 aromatic heterocycles. The number of carbonyl (C=O) groups is 1. The van der Waals surface area contributed by atoms with Crippen LogP contribution in [0.1, 0.15) is 32.1 Å². The van der Waals surface area contributed by atoms with Crippen LogP contribution in [-0.4, -0.2) is 35.9 Å². The first-order valence-electron chi connectivity index (χ1n) is 6.92. The minimum atomic E-state index is -3.77. The Balaban J connectivity index is 2.04. The van der Waals surface area contributed by atoms with Crippen molar-refractivity contribution in [3.05, 3.63) is 15.9 Å². The van der Waals surface area contributed by atoms with Gasteiger partial charge in [-0.2, -0.15) is 4.31 Å². The van der Waals surface area contributed by atoms with Crippen molar-refractivity contribution >= 4 is 43.3 Å². The molecular weight excluding hydrogens is 378 g/mol. The quantitative estimate of drug-likeness (QED) is 0.856. The van der Waals surface area contributed by atoms with E-state index in [1.807, 2.05) is 0 Å². The second kappa shape index (κ2) is 5.64. The first-order chi connectivity index (χ1) is 9.93. The average molecular weight is 394 g/mol. The van der Waals surface area contributed by atoms with Crippen molar-refractivity contribution in [2.24, 2.45) is 5.92 Å². The van der Waals surface area contributed by atoms with E-state index >= 15 is 0 Å². The molecule has 1 saturated heterocycles. The number of rotatable bonds is 3. The molecule has 1 saturated carbocycles. The predicted molar refractivity (Wildman–Crippen MR) is 82.8 cm³/mol. The lowest BCUT2D eigenvalue weighted by Crippen LogP contribution is -2.45. The van der Waals surface area contributed by atoms with E-state index in [4.69, 9.17) is 0 Å². The van der Waals surface area contributed by atoms with Gasteiger partial charge >= 0.3 is 5.97 Å². The molecule has 116 valence electrons. The van der Waals surface area contributed by atoms with Crippen LogP contribution < -0.4 is 0 Å². The Morgan fingerprint density at radius 2 is 2.10 bits per heavy atom. The van der Waals surface area contributed by atoms with E-state index in [9.17, 15) is 18.3 Å². The van der Waals surface area contributed by atoms with Gasteiger partial charge in [0.05, 0.1) is 0 Å². The smallest absolute Gasteiger partial charge is 0.322 e. The molecule has 3 unspecified atom stereocenters. The van der Waals surface area contributed by atoms with Gasteiger partial charge in [0.15, 0.2) is 0 Å². The van der Waals surface area contributed by atoms with Crippen LogP contribution in [0.4, 0.5) is 0 Å². The van der Waals surface area contributed by atoms with Crippen molar-refractivity contribution in [1.29, 1.82) is 0 Å². The molecule has 1 aliphatic heterocycles. The molecule has 3 rings (SSSR count). The molecule has 1 N–H and O–H groups in total. The monoisotopic (exact) mass is 393 g/mol. The summed E-state index contributed by atoms with van der Waals surface area (Å²) in [5, 5.41) is 11.1. The van der Waals surface area contributed by atoms with Crippen molar-refractivity contribution in [3.63, 3.8) is 0 Å². The Labute approximate surface area is 136 Å². The highest BCUT2D eigenvalue weighted by atomic mass is 79.9. The lowest BCUT2D eigenvalue weighted by Gasteiger charge is -2.31. The number of fused-ring (bicyclic) bond motifs is 1. The fourth-order valence-corrected chi connectivity index (χ4v) is 7.81. The number of carboxylic acids is 1. The van der Waals surface area contributed by atoms with Crippen LogP contribution in [0.25, 0.3) is 0 Å². The zero-order valence-corrected chi connectivity index (χ0v) is 14.5. The van der Waals surface area contributed by atoms with Gasteiger partial charge in [-0.25, -0.2) is 8.42 Å². The number of sulfonamides is 1. The van der Waals surface area contributed by atoms with Crippen LogP contribution >= 0.6 is 27.3 Å². The summed E-state index contributed by atoms with van der Waals surface area (Å²) in [7, 11) is -3.77. The van der Waals surface area contributed by atoms with Crippen LogP contribution in [0.3, 0.4) is 0 Å². The maximum atomic E-state index is 12.9. The number of carboxylic acid groups (broad SMARTS) is 1. The summed E-state index contributed by atoms with van der Waals surface area (Å²) < 4.78 is 27.9. The van der Waals surface area contributed by atoms with Gasteiger partial charge in [-0.1, -0.05) is 12.8 Å². The number of halogens is 1. The molecule has 5 nitrogen and oxygen atoms in total. The van der Waals surface area contributed by atoms with Gasteiger partial charge in [-0.05, 0) is 52.6 Å². The van der Waals surface area contributed by atoms with Crippen LogP contribution in [0.2, 0.25) is 0 Å². The number of thiophene rings is 1. The van der Waals surface area contributed by atoms with Gasteiger partial charge in [0, 0.05) is 10.5 Å². The number of hydrogen-bond donors (Lipinski definition) is 1. The standard InChI is InChI=1S/C13H16BrNO4S2/c14-9-5-6-20-13(9)21(18,19)15-10-4-2-1-3-8(10)7-11(15)12(16)17/h5-6,8,10-11H,1-4,7H2,(H,16,17).